The number of aliphatic carboxylic acids is 1. The lowest BCUT2D eigenvalue weighted by Gasteiger charge is -2.14. The summed E-state index contributed by atoms with van der Waals surface area (Å²) in [6.07, 6.45) is 2.96. The lowest BCUT2D eigenvalue weighted by Crippen LogP contribution is -2.46. The van der Waals surface area contributed by atoms with Gasteiger partial charge in [-0.25, -0.2) is 14.6 Å². The maximum absolute atomic E-state index is 11.6. The van der Waals surface area contributed by atoms with Gasteiger partial charge in [0, 0.05) is 24.0 Å². The summed E-state index contributed by atoms with van der Waals surface area (Å²) >= 11 is 3.10. The summed E-state index contributed by atoms with van der Waals surface area (Å²) in [7, 11) is 0. The number of carbonyl (C=O) groups is 2. The van der Waals surface area contributed by atoms with E-state index in [1.807, 2.05) is 18.6 Å². The molecule has 1 aromatic heterocycles. The SMILES string of the molecule is CSCCC(NC(=O)NCCc1nc(C)cs1)C(=O)O. The third-order valence-corrected chi connectivity index (χ3v) is 4.18. The number of aromatic nitrogens is 1. The molecule has 0 spiro atoms. The van der Waals surface area contributed by atoms with Crippen LogP contribution >= 0.6 is 23.1 Å². The first-order valence-corrected chi connectivity index (χ1v) is 8.47. The van der Waals surface area contributed by atoms with E-state index in [2.05, 4.69) is 15.6 Å². The van der Waals surface area contributed by atoms with Gasteiger partial charge in [0.15, 0.2) is 0 Å². The Bertz CT molecular complexity index is 451. The first-order chi connectivity index (χ1) is 9.52. The Hall–Kier alpha value is -1.28. The predicted octanol–water partition coefficient (Wildman–Crippen LogP) is 1.50. The van der Waals surface area contributed by atoms with E-state index in [0.717, 1.165) is 10.7 Å². The fourth-order valence-corrected chi connectivity index (χ4v) is 2.75. The number of hydrogen-bond donors (Lipinski definition) is 3. The topological polar surface area (TPSA) is 91.3 Å². The van der Waals surface area contributed by atoms with Crippen molar-refractivity contribution in [2.45, 2.75) is 25.8 Å². The number of nitrogens with zero attached hydrogens (tertiary/aromatic N) is 1. The van der Waals surface area contributed by atoms with Crippen LogP contribution in [0.4, 0.5) is 4.79 Å². The standard InChI is InChI=1S/C12H19N3O3S2/c1-8-7-20-10(14-8)3-5-13-12(18)15-9(11(16)17)4-6-19-2/h7,9H,3-6H2,1-2H3,(H,16,17)(H2,13,15,18). The average Bonchev–Trinajstić information content (AvgIpc) is 2.80. The highest BCUT2D eigenvalue weighted by Crippen LogP contribution is 2.08. The summed E-state index contributed by atoms with van der Waals surface area (Å²) < 4.78 is 0. The second-order valence-electron chi connectivity index (χ2n) is 4.21. The van der Waals surface area contributed by atoms with Crippen molar-refractivity contribution < 1.29 is 14.7 Å². The molecule has 3 N–H and O–H groups in total. The Morgan fingerprint density at radius 3 is 2.85 bits per heavy atom. The van der Waals surface area contributed by atoms with Crippen LogP contribution in [0.2, 0.25) is 0 Å². The third-order valence-electron chi connectivity index (χ3n) is 2.51. The van der Waals surface area contributed by atoms with Crippen LogP contribution < -0.4 is 10.6 Å². The molecule has 8 heteroatoms. The number of aryl methyl sites for hydroxylation is 1. The number of carboxylic acids is 1. The minimum Gasteiger partial charge on any atom is -0.480 e. The van der Waals surface area contributed by atoms with Gasteiger partial charge in [0.1, 0.15) is 6.04 Å². The van der Waals surface area contributed by atoms with Crippen LogP contribution in [0.1, 0.15) is 17.1 Å². The van der Waals surface area contributed by atoms with Crippen molar-refractivity contribution >= 4 is 35.1 Å². The molecule has 0 saturated heterocycles. The van der Waals surface area contributed by atoms with Crippen LogP contribution in [0, 0.1) is 6.92 Å². The number of nitrogens with one attached hydrogen (secondary N) is 2. The summed E-state index contributed by atoms with van der Waals surface area (Å²) in [5.41, 5.74) is 0.970. The van der Waals surface area contributed by atoms with Crippen LogP contribution in [-0.4, -0.2) is 46.7 Å². The molecule has 0 saturated carbocycles. The molecule has 1 heterocycles. The molecule has 0 aliphatic rings. The van der Waals surface area contributed by atoms with Crippen molar-refractivity contribution in [2.24, 2.45) is 0 Å². The Morgan fingerprint density at radius 2 is 2.30 bits per heavy atom. The number of rotatable bonds is 8. The maximum atomic E-state index is 11.6. The number of thioether (sulfide) groups is 1. The van der Waals surface area contributed by atoms with Gasteiger partial charge in [0.2, 0.25) is 0 Å². The number of amides is 2. The first-order valence-electron chi connectivity index (χ1n) is 6.20. The fourth-order valence-electron chi connectivity index (χ4n) is 1.50. The summed E-state index contributed by atoms with van der Waals surface area (Å²) in [6, 6.07) is -1.30. The lowest BCUT2D eigenvalue weighted by molar-refractivity contribution is -0.139. The molecule has 1 atom stereocenters. The van der Waals surface area contributed by atoms with Crippen LogP contribution in [0.3, 0.4) is 0 Å². The van der Waals surface area contributed by atoms with Gasteiger partial charge in [0.05, 0.1) is 5.01 Å². The predicted molar refractivity (Wildman–Crippen MR) is 81.5 cm³/mol. The smallest absolute Gasteiger partial charge is 0.326 e. The van der Waals surface area contributed by atoms with Crippen LogP contribution in [0.15, 0.2) is 5.38 Å². The number of thiazole rings is 1. The van der Waals surface area contributed by atoms with Gasteiger partial charge in [-0.15, -0.1) is 11.3 Å². The maximum Gasteiger partial charge on any atom is 0.326 e. The van der Waals surface area contributed by atoms with E-state index in [0.29, 0.717) is 25.1 Å². The van der Waals surface area contributed by atoms with Gasteiger partial charge in [-0.3, -0.25) is 0 Å². The summed E-state index contributed by atoms with van der Waals surface area (Å²) in [5, 5.41) is 17.0. The van der Waals surface area contributed by atoms with Crippen molar-refractivity contribution in [3.05, 3.63) is 16.1 Å². The molecule has 0 aliphatic carbocycles. The van der Waals surface area contributed by atoms with E-state index in [-0.39, 0.29) is 0 Å². The highest BCUT2D eigenvalue weighted by atomic mass is 32.2. The van der Waals surface area contributed by atoms with Crippen molar-refractivity contribution in [1.29, 1.82) is 0 Å². The van der Waals surface area contributed by atoms with Crippen molar-refractivity contribution in [3.63, 3.8) is 0 Å². The Balaban J connectivity index is 2.28. The Morgan fingerprint density at radius 1 is 1.55 bits per heavy atom. The lowest BCUT2D eigenvalue weighted by atomic mass is 10.2. The zero-order chi connectivity index (χ0) is 15.0. The normalized spacial score (nSPS) is 11.9. The van der Waals surface area contributed by atoms with E-state index in [4.69, 9.17) is 5.11 Å². The highest BCUT2D eigenvalue weighted by molar-refractivity contribution is 7.98. The molecule has 1 rings (SSSR count). The molecule has 0 bridgehead atoms. The molecule has 0 aliphatic heterocycles. The van der Waals surface area contributed by atoms with Gasteiger partial charge < -0.3 is 15.7 Å². The molecule has 0 fully saturated rings. The minimum atomic E-state index is -1.01. The van der Waals surface area contributed by atoms with Gasteiger partial charge in [-0.1, -0.05) is 0 Å². The molecule has 112 valence electrons. The molecule has 2 amide bonds. The van der Waals surface area contributed by atoms with Crippen LogP contribution in [0.5, 0.6) is 0 Å². The number of carboxylic acid groups (broad SMARTS) is 1. The van der Waals surface area contributed by atoms with Gasteiger partial charge >= 0.3 is 12.0 Å². The fraction of sp³-hybridized carbons (Fsp3) is 0.583. The highest BCUT2D eigenvalue weighted by Gasteiger charge is 2.18. The number of urea groups is 1. The monoisotopic (exact) mass is 317 g/mol. The molecular formula is C12H19N3O3S2. The summed E-state index contributed by atoms with van der Waals surface area (Å²) in [6.45, 7) is 2.36. The van der Waals surface area contributed by atoms with E-state index >= 15 is 0 Å². The van der Waals surface area contributed by atoms with Crippen molar-refractivity contribution in [3.8, 4) is 0 Å². The van der Waals surface area contributed by atoms with Gasteiger partial charge in [0.25, 0.3) is 0 Å². The molecular weight excluding hydrogens is 298 g/mol. The zero-order valence-corrected chi connectivity index (χ0v) is 13.1. The summed E-state index contributed by atoms with van der Waals surface area (Å²) in [5.74, 6) is -0.319. The van der Waals surface area contributed by atoms with Crippen LogP contribution in [-0.2, 0) is 11.2 Å². The Kier molecular flexibility index (Phi) is 7.38. The van der Waals surface area contributed by atoms with Crippen molar-refractivity contribution in [1.82, 2.24) is 15.6 Å². The van der Waals surface area contributed by atoms with Gasteiger partial charge in [-0.2, -0.15) is 11.8 Å². The zero-order valence-electron chi connectivity index (χ0n) is 11.5. The first kappa shape index (κ1) is 16.8. The molecule has 6 nitrogen and oxygen atoms in total. The largest absolute Gasteiger partial charge is 0.480 e. The van der Waals surface area contributed by atoms with E-state index in [1.165, 1.54) is 0 Å². The molecule has 0 aromatic carbocycles. The minimum absolute atomic E-state index is 0.412. The van der Waals surface area contributed by atoms with Crippen molar-refractivity contribution in [2.75, 3.05) is 18.6 Å². The quantitative estimate of drug-likeness (QED) is 0.676. The molecule has 1 unspecified atom stereocenters. The summed E-state index contributed by atoms with van der Waals surface area (Å²) in [4.78, 5) is 26.9. The van der Waals surface area contributed by atoms with Gasteiger partial charge in [-0.05, 0) is 25.4 Å². The van der Waals surface area contributed by atoms with E-state index in [1.54, 1.807) is 23.1 Å². The molecule has 20 heavy (non-hydrogen) atoms. The third kappa shape index (κ3) is 6.25. The molecule has 0 radical (unpaired) electrons. The molecule has 1 aromatic rings. The van der Waals surface area contributed by atoms with Crippen LogP contribution in [0.25, 0.3) is 0 Å². The van der Waals surface area contributed by atoms with E-state index in [9.17, 15) is 9.59 Å². The average molecular weight is 317 g/mol. The second-order valence-corrected chi connectivity index (χ2v) is 6.13. The number of carbonyl (C=O) groups excluding carboxylic acids is 1. The Labute approximate surface area is 126 Å². The second kappa shape index (κ2) is 8.80. The van der Waals surface area contributed by atoms with E-state index < -0.39 is 18.0 Å². The number of hydrogen-bond acceptors (Lipinski definition) is 5.